The van der Waals surface area contributed by atoms with Crippen molar-refractivity contribution in [3.63, 3.8) is 0 Å². The van der Waals surface area contributed by atoms with Crippen LogP contribution in [0.1, 0.15) is 17.3 Å². The number of benzene rings is 2. The van der Waals surface area contributed by atoms with Gasteiger partial charge in [0.25, 0.3) is 5.91 Å². The van der Waals surface area contributed by atoms with Gasteiger partial charge in [0.2, 0.25) is 5.91 Å². The van der Waals surface area contributed by atoms with Gasteiger partial charge in [-0.05, 0) is 31.2 Å². The molecule has 2 amide bonds. The van der Waals surface area contributed by atoms with E-state index in [-0.39, 0.29) is 11.8 Å². The smallest absolute Gasteiger partial charge is 0.256 e. The summed E-state index contributed by atoms with van der Waals surface area (Å²) in [4.78, 5) is 29.0. The maximum absolute atomic E-state index is 12.9. The Balaban J connectivity index is 1.83. The summed E-state index contributed by atoms with van der Waals surface area (Å²) in [6, 6.07) is 11.6. The zero-order valence-corrected chi connectivity index (χ0v) is 16.2. The molecular weight excluding hydrogens is 368 g/mol. The van der Waals surface area contributed by atoms with Gasteiger partial charge in [0.1, 0.15) is 6.04 Å². The van der Waals surface area contributed by atoms with Crippen molar-refractivity contribution in [1.29, 1.82) is 0 Å². The topological polar surface area (TPSA) is 59.1 Å². The number of ether oxygens (including phenoxy) is 2. The molecule has 0 spiro atoms. The van der Waals surface area contributed by atoms with Crippen LogP contribution in [-0.4, -0.2) is 50.1 Å². The highest BCUT2D eigenvalue weighted by Gasteiger charge is 2.36. The lowest BCUT2D eigenvalue weighted by atomic mass is 10.1. The number of rotatable bonds is 4. The monoisotopic (exact) mass is 388 g/mol. The van der Waals surface area contributed by atoms with Crippen LogP contribution in [0, 0.1) is 0 Å². The SMILES string of the molecule is COc1ccc(N2CCN(C(=O)c3ccccc3Cl)[C@H](C)C2=O)cc1OC. The fraction of sp³-hybridized carbons (Fsp3) is 0.300. The van der Waals surface area contributed by atoms with Crippen LogP contribution in [0.4, 0.5) is 5.69 Å². The number of methoxy groups -OCH3 is 2. The maximum Gasteiger partial charge on any atom is 0.256 e. The Labute approximate surface area is 163 Å². The van der Waals surface area contributed by atoms with Gasteiger partial charge < -0.3 is 19.3 Å². The first kappa shape index (κ1) is 19.0. The van der Waals surface area contributed by atoms with E-state index < -0.39 is 6.04 Å². The van der Waals surface area contributed by atoms with Crippen molar-refractivity contribution in [2.45, 2.75) is 13.0 Å². The summed E-state index contributed by atoms with van der Waals surface area (Å²) in [5.74, 6) is 0.738. The van der Waals surface area contributed by atoms with E-state index in [1.165, 1.54) is 0 Å². The molecule has 1 aliphatic heterocycles. The molecule has 2 aromatic rings. The molecule has 0 N–H and O–H groups in total. The van der Waals surface area contributed by atoms with Crippen LogP contribution in [0.3, 0.4) is 0 Å². The van der Waals surface area contributed by atoms with Crippen LogP contribution < -0.4 is 14.4 Å². The van der Waals surface area contributed by atoms with Crippen LogP contribution >= 0.6 is 11.6 Å². The standard InChI is InChI=1S/C20H21ClN2O4/c1-13-19(24)23(14-8-9-17(26-2)18(12-14)27-3)11-10-22(13)20(25)15-6-4-5-7-16(15)21/h4-9,12-13H,10-11H2,1-3H3/t13-/m1/s1. The molecule has 142 valence electrons. The molecule has 1 atom stereocenters. The maximum atomic E-state index is 12.9. The molecule has 0 radical (unpaired) electrons. The fourth-order valence-electron chi connectivity index (χ4n) is 3.19. The van der Waals surface area contributed by atoms with E-state index in [2.05, 4.69) is 0 Å². The first-order valence-electron chi connectivity index (χ1n) is 8.56. The number of nitrogens with zero attached hydrogens (tertiary/aromatic N) is 2. The highest BCUT2D eigenvalue weighted by atomic mass is 35.5. The van der Waals surface area contributed by atoms with Crippen LogP contribution in [0.2, 0.25) is 5.02 Å². The Bertz CT molecular complexity index is 871. The molecular formula is C20H21ClN2O4. The summed E-state index contributed by atoms with van der Waals surface area (Å²) >= 11 is 6.14. The summed E-state index contributed by atoms with van der Waals surface area (Å²) in [6.45, 7) is 2.52. The van der Waals surface area contributed by atoms with Crippen molar-refractivity contribution in [2.75, 3.05) is 32.2 Å². The van der Waals surface area contributed by atoms with Crippen molar-refractivity contribution < 1.29 is 19.1 Å². The van der Waals surface area contributed by atoms with E-state index in [1.54, 1.807) is 73.4 Å². The minimum absolute atomic E-state index is 0.158. The lowest BCUT2D eigenvalue weighted by Gasteiger charge is -2.39. The molecule has 1 fully saturated rings. The molecule has 0 bridgehead atoms. The average molecular weight is 389 g/mol. The first-order valence-corrected chi connectivity index (χ1v) is 8.94. The second-order valence-corrected chi connectivity index (χ2v) is 6.59. The summed E-state index contributed by atoms with van der Waals surface area (Å²) in [6.07, 6.45) is 0. The molecule has 1 aliphatic rings. The third kappa shape index (κ3) is 3.57. The summed E-state index contributed by atoms with van der Waals surface area (Å²) < 4.78 is 10.6. The van der Waals surface area contributed by atoms with E-state index in [0.717, 1.165) is 0 Å². The van der Waals surface area contributed by atoms with Crippen LogP contribution in [0.15, 0.2) is 42.5 Å². The van der Waals surface area contributed by atoms with Gasteiger partial charge >= 0.3 is 0 Å². The quantitative estimate of drug-likeness (QED) is 0.806. The van der Waals surface area contributed by atoms with Gasteiger partial charge in [-0.25, -0.2) is 0 Å². The second-order valence-electron chi connectivity index (χ2n) is 6.18. The van der Waals surface area contributed by atoms with Gasteiger partial charge in [-0.2, -0.15) is 0 Å². The van der Waals surface area contributed by atoms with Crippen LogP contribution in [0.5, 0.6) is 11.5 Å². The van der Waals surface area contributed by atoms with Gasteiger partial charge in [-0.1, -0.05) is 23.7 Å². The molecule has 6 nitrogen and oxygen atoms in total. The van der Waals surface area contributed by atoms with Crippen molar-refractivity contribution >= 4 is 29.1 Å². The number of amides is 2. The van der Waals surface area contributed by atoms with E-state index >= 15 is 0 Å². The minimum atomic E-state index is -0.601. The highest BCUT2D eigenvalue weighted by Crippen LogP contribution is 2.33. The van der Waals surface area contributed by atoms with Crippen LogP contribution in [0.25, 0.3) is 0 Å². The number of carbonyl (C=O) groups is 2. The molecule has 3 rings (SSSR count). The predicted octanol–water partition coefficient (Wildman–Crippen LogP) is 3.23. The van der Waals surface area contributed by atoms with Crippen molar-refractivity contribution in [1.82, 2.24) is 4.90 Å². The fourth-order valence-corrected chi connectivity index (χ4v) is 3.40. The second kappa shape index (κ2) is 7.88. The predicted molar refractivity (Wildman–Crippen MR) is 104 cm³/mol. The number of hydrogen-bond acceptors (Lipinski definition) is 4. The lowest BCUT2D eigenvalue weighted by Crippen LogP contribution is -2.57. The average Bonchev–Trinajstić information content (AvgIpc) is 2.69. The Kier molecular flexibility index (Phi) is 5.56. The largest absolute Gasteiger partial charge is 0.493 e. The number of carbonyl (C=O) groups excluding carboxylic acids is 2. The van der Waals surface area contributed by atoms with Gasteiger partial charge in [0.15, 0.2) is 11.5 Å². The Morgan fingerprint density at radius 3 is 2.44 bits per heavy atom. The highest BCUT2D eigenvalue weighted by molar-refractivity contribution is 6.33. The molecule has 0 unspecified atom stereocenters. The van der Waals surface area contributed by atoms with E-state index in [4.69, 9.17) is 21.1 Å². The summed E-state index contributed by atoms with van der Waals surface area (Å²) in [5.41, 5.74) is 1.10. The molecule has 0 saturated carbocycles. The Morgan fingerprint density at radius 1 is 1.07 bits per heavy atom. The van der Waals surface area contributed by atoms with Crippen molar-refractivity contribution in [2.24, 2.45) is 0 Å². The minimum Gasteiger partial charge on any atom is -0.493 e. The van der Waals surface area contributed by atoms with Gasteiger partial charge in [0, 0.05) is 24.8 Å². The number of anilines is 1. The number of piperazine rings is 1. The third-order valence-electron chi connectivity index (χ3n) is 4.70. The normalized spacial score (nSPS) is 17.0. The summed E-state index contributed by atoms with van der Waals surface area (Å²) in [5, 5.41) is 0.379. The lowest BCUT2D eigenvalue weighted by molar-refractivity contribution is -0.124. The first-order chi connectivity index (χ1) is 13.0. The Hall–Kier alpha value is -2.73. The van der Waals surface area contributed by atoms with Crippen molar-refractivity contribution in [3.05, 3.63) is 53.1 Å². The zero-order chi connectivity index (χ0) is 19.6. The van der Waals surface area contributed by atoms with Gasteiger partial charge in [-0.3, -0.25) is 9.59 Å². The molecule has 2 aromatic carbocycles. The number of halogens is 1. The molecule has 0 aromatic heterocycles. The molecule has 27 heavy (non-hydrogen) atoms. The third-order valence-corrected chi connectivity index (χ3v) is 5.03. The van der Waals surface area contributed by atoms with Gasteiger partial charge in [-0.15, -0.1) is 0 Å². The summed E-state index contributed by atoms with van der Waals surface area (Å²) in [7, 11) is 3.11. The molecule has 1 saturated heterocycles. The van der Waals surface area contributed by atoms with E-state index in [9.17, 15) is 9.59 Å². The zero-order valence-electron chi connectivity index (χ0n) is 15.4. The molecule has 0 aliphatic carbocycles. The van der Waals surface area contributed by atoms with Gasteiger partial charge in [0.05, 0.1) is 24.8 Å². The van der Waals surface area contributed by atoms with Crippen LogP contribution in [-0.2, 0) is 4.79 Å². The van der Waals surface area contributed by atoms with Crippen molar-refractivity contribution in [3.8, 4) is 11.5 Å². The molecule has 1 heterocycles. The van der Waals surface area contributed by atoms with E-state index in [1.807, 2.05) is 0 Å². The molecule has 7 heteroatoms. The van der Waals surface area contributed by atoms with E-state index in [0.29, 0.717) is 40.9 Å². The Morgan fingerprint density at radius 2 is 1.78 bits per heavy atom. The number of hydrogen-bond donors (Lipinski definition) is 0.